The molecule has 0 spiro atoms. The first-order valence-corrected chi connectivity index (χ1v) is 8.86. The van der Waals surface area contributed by atoms with Gasteiger partial charge in [0.05, 0.1) is 36.7 Å². The summed E-state index contributed by atoms with van der Waals surface area (Å²) < 4.78 is 28.2. The van der Waals surface area contributed by atoms with Crippen LogP contribution in [0.1, 0.15) is 22.9 Å². The molecule has 2 aromatic rings. The van der Waals surface area contributed by atoms with Gasteiger partial charge in [0.25, 0.3) is 5.92 Å². The number of nitrogens with zero attached hydrogens (tertiary/aromatic N) is 4. The van der Waals surface area contributed by atoms with E-state index in [9.17, 15) is 13.6 Å². The number of likely N-dealkylation sites (tertiary alicyclic amines) is 1. The van der Waals surface area contributed by atoms with Crippen molar-refractivity contribution in [2.45, 2.75) is 24.8 Å². The Morgan fingerprint density at radius 2 is 2.00 bits per heavy atom. The van der Waals surface area contributed by atoms with Crippen LogP contribution in [0.3, 0.4) is 0 Å². The Balaban J connectivity index is 1.49. The SMILES string of the molecule is Cn1cnc2c1C(C(=O)N1CC(F)(F)C1)CN(CCc1ccccc1)C2. The highest BCUT2D eigenvalue weighted by atomic mass is 19.3. The van der Waals surface area contributed by atoms with Crippen LogP contribution in [-0.4, -0.2) is 57.4 Å². The topological polar surface area (TPSA) is 41.4 Å². The molecule has 7 heteroatoms. The van der Waals surface area contributed by atoms with E-state index in [-0.39, 0.29) is 5.91 Å². The zero-order valence-electron chi connectivity index (χ0n) is 14.7. The van der Waals surface area contributed by atoms with Gasteiger partial charge in [-0.3, -0.25) is 9.69 Å². The van der Waals surface area contributed by atoms with E-state index < -0.39 is 24.9 Å². The Kier molecular flexibility index (Phi) is 4.26. The molecule has 4 rings (SSSR count). The Morgan fingerprint density at radius 1 is 1.27 bits per heavy atom. The first-order chi connectivity index (χ1) is 12.4. The Hall–Kier alpha value is -2.28. The molecule has 2 aliphatic heterocycles. The van der Waals surface area contributed by atoms with E-state index in [4.69, 9.17) is 0 Å². The molecule has 1 saturated heterocycles. The third-order valence-corrected chi connectivity index (χ3v) is 5.22. The third-order valence-electron chi connectivity index (χ3n) is 5.22. The molecule has 1 aromatic heterocycles. The van der Waals surface area contributed by atoms with Gasteiger partial charge in [-0.05, 0) is 12.0 Å². The molecule has 1 unspecified atom stereocenters. The highest BCUT2D eigenvalue weighted by Crippen LogP contribution is 2.34. The molecule has 26 heavy (non-hydrogen) atoms. The largest absolute Gasteiger partial charge is 0.337 e. The first kappa shape index (κ1) is 17.1. The Labute approximate surface area is 151 Å². The summed E-state index contributed by atoms with van der Waals surface area (Å²) in [5.74, 6) is -3.39. The normalized spacial score (nSPS) is 22.0. The second-order valence-electron chi connectivity index (χ2n) is 7.26. The maximum atomic E-state index is 13.2. The van der Waals surface area contributed by atoms with Crippen molar-refractivity contribution < 1.29 is 13.6 Å². The van der Waals surface area contributed by atoms with Crippen LogP contribution in [0.25, 0.3) is 0 Å². The number of imidazole rings is 1. The number of alkyl halides is 2. The number of rotatable bonds is 4. The Bertz CT molecular complexity index is 797. The monoisotopic (exact) mass is 360 g/mol. The fourth-order valence-electron chi connectivity index (χ4n) is 3.86. The third kappa shape index (κ3) is 3.23. The quantitative estimate of drug-likeness (QED) is 0.838. The molecule has 0 aliphatic carbocycles. The number of halogens is 2. The van der Waals surface area contributed by atoms with Crippen molar-refractivity contribution in [1.29, 1.82) is 0 Å². The zero-order valence-corrected chi connectivity index (χ0v) is 14.7. The van der Waals surface area contributed by atoms with Gasteiger partial charge in [0, 0.05) is 26.7 Å². The lowest BCUT2D eigenvalue weighted by atomic mass is 9.94. The summed E-state index contributed by atoms with van der Waals surface area (Å²) in [5.41, 5.74) is 2.98. The van der Waals surface area contributed by atoms with Crippen LogP contribution in [0.2, 0.25) is 0 Å². The summed E-state index contributed by atoms with van der Waals surface area (Å²) in [4.78, 5) is 20.7. The Morgan fingerprint density at radius 3 is 2.69 bits per heavy atom. The number of carbonyl (C=O) groups excluding carboxylic acids is 1. The van der Waals surface area contributed by atoms with Gasteiger partial charge in [0.2, 0.25) is 5.91 Å². The van der Waals surface area contributed by atoms with E-state index in [0.29, 0.717) is 13.1 Å². The zero-order chi connectivity index (χ0) is 18.3. The predicted molar refractivity (Wildman–Crippen MR) is 92.9 cm³/mol. The van der Waals surface area contributed by atoms with Gasteiger partial charge < -0.3 is 9.47 Å². The van der Waals surface area contributed by atoms with Gasteiger partial charge in [0.1, 0.15) is 0 Å². The summed E-state index contributed by atoms with van der Waals surface area (Å²) >= 11 is 0. The molecule has 0 bridgehead atoms. The van der Waals surface area contributed by atoms with Crippen molar-refractivity contribution in [3.8, 4) is 0 Å². The maximum absolute atomic E-state index is 13.2. The smallest absolute Gasteiger partial charge is 0.282 e. The number of hydrogen-bond acceptors (Lipinski definition) is 3. The summed E-state index contributed by atoms with van der Waals surface area (Å²) in [7, 11) is 1.86. The molecule has 1 fully saturated rings. The fourth-order valence-corrected chi connectivity index (χ4v) is 3.86. The lowest BCUT2D eigenvalue weighted by molar-refractivity contribution is -0.168. The van der Waals surface area contributed by atoms with Gasteiger partial charge in [-0.1, -0.05) is 30.3 Å². The standard InChI is InChI=1S/C19H22F2N4O/c1-23-13-22-16-10-24(8-7-14-5-3-2-4-6-14)9-15(17(16)23)18(26)25-11-19(20,21)12-25/h2-6,13,15H,7-12H2,1H3. The van der Waals surface area contributed by atoms with Gasteiger partial charge in [-0.25, -0.2) is 13.8 Å². The highest BCUT2D eigenvalue weighted by Gasteiger charge is 2.49. The van der Waals surface area contributed by atoms with Crippen LogP contribution in [0.4, 0.5) is 8.78 Å². The van der Waals surface area contributed by atoms with Crippen LogP contribution in [0.15, 0.2) is 36.7 Å². The van der Waals surface area contributed by atoms with Crippen LogP contribution >= 0.6 is 0 Å². The number of hydrogen-bond donors (Lipinski definition) is 0. The fraction of sp³-hybridized carbons (Fsp3) is 0.474. The number of benzene rings is 1. The molecular weight excluding hydrogens is 338 g/mol. The van der Waals surface area contributed by atoms with Crippen molar-refractivity contribution in [3.63, 3.8) is 0 Å². The van der Waals surface area contributed by atoms with Crippen LogP contribution in [-0.2, 0) is 24.8 Å². The number of aromatic nitrogens is 2. The summed E-state index contributed by atoms with van der Waals surface area (Å²) in [6.45, 7) is 1.09. The minimum Gasteiger partial charge on any atom is -0.337 e. The molecule has 0 saturated carbocycles. The lowest BCUT2D eigenvalue weighted by Gasteiger charge is -2.42. The van der Waals surface area contributed by atoms with E-state index in [1.165, 1.54) is 10.5 Å². The van der Waals surface area contributed by atoms with Crippen molar-refractivity contribution in [2.75, 3.05) is 26.2 Å². The molecule has 2 aliphatic rings. The van der Waals surface area contributed by atoms with Gasteiger partial charge in [0.15, 0.2) is 0 Å². The number of amides is 1. The average molecular weight is 360 g/mol. The van der Waals surface area contributed by atoms with E-state index in [1.54, 1.807) is 6.33 Å². The molecule has 0 N–H and O–H groups in total. The summed E-state index contributed by atoms with van der Waals surface area (Å²) in [5, 5.41) is 0. The molecule has 1 atom stereocenters. The molecular formula is C19H22F2N4O. The van der Waals surface area contributed by atoms with Gasteiger partial charge >= 0.3 is 0 Å². The molecule has 0 radical (unpaired) electrons. The van der Waals surface area contributed by atoms with E-state index >= 15 is 0 Å². The van der Waals surface area contributed by atoms with E-state index in [0.717, 1.165) is 24.4 Å². The predicted octanol–water partition coefficient (Wildman–Crippen LogP) is 2.04. The molecule has 138 valence electrons. The van der Waals surface area contributed by atoms with Gasteiger partial charge in [-0.15, -0.1) is 0 Å². The molecule has 1 amide bonds. The lowest BCUT2D eigenvalue weighted by Crippen LogP contribution is -2.60. The van der Waals surface area contributed by atoms with E-state index in [1.807, 2.05) is 29.8 Å². The summed E-state index contributed by atoms with van der Waals surface area (Å²) in [6.07, 6.45) is 2.59. The van der Waals surface area contributed by atoms with Crippen molar-refractivity contribution in [1.82, 2.24) is 19.4 Å². The van der Waals surface area contributed by atoms with Gasteiger partial charge in [-0.2, -0.15) is 0 Å². The van der Waals surface area contributed by atoms with Crippen molar-refractivity contribution in [2.24, 2.45) is 7.05 Å². The number of carbonyl (C=O) groups is 1. The minimum atomic E-state index is -2.74. The molecule has 1 aromatic carbocycles. The second kappa shape index (κ2) is 6.46. The average Bonchev–Trinajstić information content (AvgIpc) is 2.98. The first-order valence-electron chi connectivity index (χ1n) is 8.86. The van der Waals surface area contributed by atoms with Crippen molar-refractivity contribution in [3.05, 3.63) is 53.6 Å². The summed E-state index contributed by atoms with van der Waals surface area (Å²) in [6, 6.07) is 10.2. The molecule has 5 nitrogen and oxygen atoms in total. The number of aryl methyl sites for hydroxylation is 1. The molecule has 3 heterocycles. The van der Waals surface area contributed by atoms with Crippen LogP contribution in [0, 0.1) is 0 Å². The van der Waals surface area contributed by atoms with E-state index in [2.05, 4.69) is 22.0 Å². The second-order valence-corrected chi connectivity index (χ2v) is 7.26. The minimum absolute atomic E-state index is 0.217. The van der Waals surface area contributed by atoms with Crippen LogP contribution < -0.4 is 0 Å². The maximum Gasteiger partial charge on any atom is 0.282 e. The highest BCUT2D eigenvalue weighted by molar-refractivity contribution is 5.85. The van der Waals surface area contributed by atoms with Crippen LogP contribution in [0.5, 0.6) is 0 Å². The van der Waals surface area contributed by atoms with Crippen molar-refractivity contribution >= 4 is 5.91 Å². The number of fused-ring (bicyclic) bond motifs is 1.